The van der Waals surface area contributed by atoms with Crippen molar-refractivity contribution in [1.29, 1.82) is 0 Å². The maximum atomic E-state index is 11.0. The molecule has 0 amide bonds. The number of methoxy groups -OCH3 is 1. The van der Waals surface area contributed by atoms with Crippen LogP contribution in [0.15, 0.2) is 29.2 Å². The number of esters is 1. The van der Waals surface area contributed by atoms with Crippen LogP contribution in [0.2, 0.25) is 0 Å². The molecule has 1 aromatic carbocycles. The maximum absolute atomic E-state index is 11.0. The lowest BCUT2D eigenvalue weighted by Crippen LogP contribution is -2.00. The van der Waals surface area contributed by atoms with Crippen LogP contribution in [-0.4, -0.2) is 13.1 Å². The fourth-order valence-corrected chi connectivity index (χ4v) is 1.08. The molecule has 0 aliphatic rings. The SMILES string of the molecule is COC(=O)c1ccc(SN)cc1. The van der Waals surface area contributed by atoms with Crippen LogP contribution in [-0.2, 0) is 4.74 Å². The molecule has 0 unspecified atom stereocenters. The van der Waals surface area contributed by atoms with E-state index in [1.807, 2.05) is 0 Å². The number of ether oxygens (including phenoxy) is 1. The van der Waals surface area contributed by atoms with E-state index >= 15 is 0 Å². The summed E-state index contributed by atoms with van der Waals surface area (Å²) in [7, 11) is 1.36. The number of carbonyl (C=O) groups excluding carboxylic acids is 1. The number of nitrogens with two attached hydrogens (primary N) is 1. The Labute approximate surface area is 75.0 Å². The Hall–Kier alpha value is -1.00. The van der Waals surface area contributed by atoms with Crippen LogP contribution in [0.5, 0.6) is 0 Å². The van der Waals surface area contributed by atoms with E-state index in [1.54, 1.807) is 24.3 Å². The van der Waals surface area contributed by atoms with Gasteiger partial charge in [0.05, 0.1) is 12.7 Å². The fourth-order valence-electron chi connectivity index (χ4n) is 0.787. The highest BCUT2D eigenvalue weighted by molar-refractivity contribution is 7.97. The first-order chi connectivity index (χ1) is 5.77. The van der Waals surface area contributed by atoms with Crippen LogP contribution in [0.1, 0.15) is 10.4 Å². The van der Waals surface area contributed by atoms with Gasteiger partial charge in [-0.05, 0) is 36.2 Å². The molecule has 1 aromatic rings. The molecule has 0 fully saturated rings. The largest absolute Gasteiger partial charge is 0.465 e. The third-order valence-electron chi connectivity index (χ3n) is 1.41. The second-order valence-corrected chi connectivity index (χ2v) is 2.84. The Kier molecular flexibility index (Phi) is 3.13. The Morgan fingerprint density at radius 2 is 2.00 bits per heavy atom. The zero-order valence-electron chi connectivity index (χ0n) is 6.61. The molecule has 0 heterocycles. The number of hydrogen-bond acceptors (Lipinski definition) is 4. The molecular formula is C8H9NO2S. The quantitative estimate of drug-likeness (QED) is 0.556. The summed E-state index contributed by atoms with van der Waals surface area (Å²) in [5, 5.41) is 5.31. The minimum atomic E-state index is -0.330. The first-order valence-corrected chi connectivity index (χ1v) is 4.21. The normalized spacial score (nSPS) is 9.50. The summed E-state index contributed by atoms with van der Waals surface area (Å²) in [6.07, 6.45) is 0. The molecule has 2 N–H and O–H groups in total. The third-order valence-corrected chi connectivity index (χ3v) is 1.96. The third kappa shape index (κ3) is 1.99. The summed E-state index contributed by atoms with van der Waals surface area (Å²) in [6, 6.07) is 6.91. The van der Waals surface area contributed by atoms with Crippen molar-refractivity contribution < 1.29 is 9.53 Å². The summed E-state index contributed by atoms with van der Waals surface area (Å²) in [5.74, 6) is -0.330. The van der Waals surface area contributed by atoms with Gasteiger partial charge in [-0.3, -0.25) is 5.14 Å². The summed E-state index contributed by atoms with van der Waals surface area (Å²) >= 11 is 1.14. The van der Waals surface area contributed by atoms with Gasteiger partial charge in [-0.2, -0.15) is 0 Å². The zero-order chi connectivity index (χ0) is 8.97. The second kappa shape index (κ2) is 4.13. The van der Waals surface area contributed by atoms with Crippen molar-refractivity contribution in [1.82, 2.24) is 0 Å². The van der Waals surface area contributed by atoms with Crippen LogP contribution in [0.25, 0.3) is 0 Å². The molecule has 0 spiro atoms. The zero-order valence-corrected chi connectivity index (χ0v) is 7.43. The van der Waals surface area contributed by atoms with Crippen LogP contribution in [0, 0.1) is 0 Å². The molecule has 3 nitrogen and oxygen atoms in total. The first kappa shape index (κ1) is 9.09. The van der Waals surface area contributed by atoms with Gasteiger partial charge in [-0.1, -0.05) is 0 Å². The number of hydrogen-bond donors (Lipinski definition) is 1. The van der Waals surface area contributed by atoms with E-state index in [0.717, 1.165) is 16.8 Å². The van der Waals surface area contributed by atoms with E-state index in [1.165, 1.54) is 7.11 Å². The minimum Gasteiger partial charge on any atom is -0.465 e. The highest BCUT2D eigenvalue weighted by atomic mass is 32.2. The average molecular weight is 183 g/mol. The van der Waals surface area contributed by atoms with Crippen LogP contribution in [0.3, 0.4) is 0 Å². The molecule has 0 radical (unpaired) electrons. The lowest BCUT2D eigenvalue weighted by molar-refractivity contribution is 0.0600. The van der Waals surface area contributed by atoms with Gasteiger partial charge in [0.2, 0.25) is 0 Å². The number of rotatable bonds is 2. The van der Waals surface area contributed by atoms with Gasteiger partial charge in [-0.25, -0.2) is 4.79 Å². The van der Waals surface area contributed by atoms with Crippen LogP contribution >= 0.6 is 11.9 Å². The Balaban J connectivity index is 2.84. The van der Waals surface area contributed by atoms with Crippen molar-refractivity contribution >= 4 is 17.9 Å². The van der Waals surface area contributed by atoms with Crippen molar-refractivity contribution in [3.05, 3.63) is 29.8 Å². The molecule has 0 aliphatic heterocycles. The highest BCUT2D eigenvalue weighted by Crippen LogP contribution is 2.12. The van der Waals surface area contributed by atoms with Gasteiger partial charge in [0.1, 0.15) is 0 Å². The minimum absolute atomic E-state index is 0.330. The monoisotopic (exact) mass is 183 g/mol. The molecule has 0 aromatic heterocycles. The van der Waals surface area contributed by atoms with Crippen molar-refractivity contribution in [3.63, 3.8) is 0 Å². The van der Waals surface area contributed by atoms with Gasteiger partial charge in [0.15, 0.2) is 0 Å². The molecular weight excluding hydrogens is 174 g/mol. The van der Waals surface area contributed by atoms with Crippen LogP contribution in [0.4, 0.5) is 0 Å². The molecule has 0 saturated heterocycles. The molecule has 12 heavy (non-hydrogen) atoms. The second-order valence-electron chi connectivity index (χ2n) is 2.13. The highest BCUT2D eigenvalue weighted by Gasteiger charge is 2.03. The fraction of sp³-hybridized carbons (Fsp3) is 0.125. The molecule has 1 rings (SSSR count). The summed E-state index contributed by atoms with van der Waals surface area (Å²) in [6.45, 7) is 0. The predicted octanol–water partition coefficient (Wildman–Crippen LogP) is 1.44. The standard InChI is InChI=1S/C8H9NO2S/c1-11-8(10)6-2-4-7(12-9)5-3-6/h2-5H,9H2,1H3. The predicted molar refractivity (Wildman–Crippen MR) is 47.8 cm³/mol. The topological polar surface area (TPSA) is 52.3 Å². The van der Waals surface area contributed by atoms with Crippen molar-refractivity contribution in [2.24, 2.45) is 5.14 Å². The molecule has 4 heteroatoms. The van der Waals surface area contributed by atoms with Crippen LogP contribution < -0.4 is 5.14 Å². The lowest BCUT2D eigenvalue weighted by atomic mass is 10.2. The summed E-state index contributed by atoms with van der Waals surface area (Å²) in [5.41, 5.74) is 0.537. The molecule has 64 valence electrons. The average Bonchev–Trinajstić information content (AvgIpc) is 2.17. The van der Waals surface area contributed by atoms with Crippen molar-refractivity contribution in [2.45, 2.75) is 4.90 Å². The van der Waals surface area contributed by atoms with E-state index in [9.17, 15) is 4.79 Å². The smallest absolute Gasteiger partial charge is 0.337 e. The van der Waals surface area contributed by atoms with Gasteiger partial charge in [-0.15, -0.1) is 0 Å². The molecule has 0 bridgehead atoms. The molecule has 0 aliphatic carbocycles. The summed E-state index contributed by atoms with van der Waals surface area (Å²) in [4.78, 5) is 11.9. The Bertz CT molecular complexity index is 271. The van der Waals surface area contributed by atoms with E-state index in [-0.39, 0.29) is 5.97 Å². The Morgan fingerprint density at radius 3 is 2.42 bits per heavy atom. The molecule has 0 atom stereocenters. The van der Waals surface area contributed by atoms with E-state index in [0.29, 0.717) is 5.56 Å². The van der Waals surface area contributed by atoms with Gasteiger partial charge >= 0.3 is 5.97 Å². The molecule has 0 saturated carbocycles. The maximum Gasteiger partial charge on any atom is 0.337 e. The van der Waals surface area contributed by atoms with Crippen molar-refractivity contribution in [3.8, 4) is 0 Å². The van der Waals surface area contributed by atoms with Gasteiger partial charge in [0.25, 0.3) is 0 Å². The summed E-state index contributed by atoms with van der Waals surface area (Å²) < 4.78 is 4.53. The van der Waals surface area contributed by atoms with E-state index in [4.69, 9.17) is 5.14 Å². The van der Waals surface area contributed by atoms with E-state index < -0.39 is 0 Å². The van der Waals surface area contributed by atoms with E-state index in [2.05, 4.69) is 4.74 Å². The first-order valence-electron chi connectivity index (χ1n) is 3.33. The number of carbonyl (C=O) groups is 1. The Morgan fingerprint density at radius 1 is 1.42 bits per heavy atom. The number of benzene rings is 1. The van der Waals surface area contributed by atoms with Gasteiger partial charge < -0.3 is 4.74 Å². The lowest BCUT2D eigenvalue weighted by Gasteiger charge is -1.99. The van der Waals surface area contributed by atoms with Gasteiger partial charge in [0, 0.05) is 4.90 Å². The van der Waals surface area contributed by atoms with Crippen molar-refractivity contribution in [2.75, 3.05) is 7.11 Å².